The average Bonchev–Trinajstić information content (AvgIpc) is 3.33. The van der Waals surface area contributed by atoms with Gasteiger partial charge in [0.25, 0.3) is 5.91 Å². The molecule has 0 saturated carbocycles. The van der Waals surface area contributed by atoms with Gasteiger partial charge in [-0.2, -0.15) is 0 Å². The van der Waals surface area contributed by atoms with Gasteiger partial charge in [-0.15, -0.1) is 0 Å². The van der Waals surface area contributed by atoms with Crippen LogP contribution in [-0.4, -0.2) is 45.4 Å². The number of aromatic nitrogens is 3. The summed E-state index contributed by atoms with van der Waals surface area (Å²) in [6.07, 6.45) is 13.4. The second-order valence-corrected chi connectivity index (χ2v) is 8.50. The van der Waals surface area contributed by atoms with Crippen LogP contribution in [0.1, 0.15) is 78.3 Å². The van der Waals surface area contributed by atoms with E-state index in [1.807, 2.05) is 17.2 Å². The van der Waals surface area contributed by atoms with Crippen molar-refractivity contribution in [3.63, 3.8) is 0 Å². The standard InChI is InChI=1S/C23H29N5O/c29-22(28-15-4-3-11-20(28)17-8-7-12-24-16-17)21-18-9-1-2-10-19(18)25-23(26-21)27-13-5-6-14-27/h7-8,12,16,20H,1-6,9-11,13-15H2. The van der Waals surface area contributed by atoms with Crippen molar-refractivity contribution in [1.82, 2.24) is 19.9 Å². The number of hydrogen-bond donors (Lipinski definition) is 0. The number of carbonyl (C=O) groups excluding carboxylic acids is 1. The molecule has 3 aliphatic rings. The Balaban J connectivity index is 1.53. The Morgan fingerprint density at radius 3 is 2.62 bits per heavy atom. The molecular weight excluding hydrogens is 362 g/mol. The van der Waals surface area contributed by atoms with Gasteiger partial charge >= 0.3 is 0 Å². The quantitative estimate of drug-likeness (QED) is 0.798. The van der Waals surface area contributed by atoms with Gasteiger partial charge in [-0.1, -0.05) is 6.07 Å². The Morgan fingerprint density at radius 1 is 0.966 bits per heavy atom. The molecule has 0 radical (unpaired) electrons. The van der Waals surface area contributed by atoms with Crippen molar-refractivity contribution < 1.29 is 4.79 Å². The first kappa shape index (κ1) is 18.5. The number of pyridine rings is 1. The zero-order valence-electron chi connectivity index (χ0n) is 17.0. The molecule has 0 bridgehead atoms. The van der Waals surface area contributed by atoms with Crippen molar-refractivity contribution >= 4 is 11.9 Å². The number of anilines is 1. The predicted octanol–water partition coefficient (Wildman–Crippen LogP) is 3.72. The minimum Gasteiger partial charge on any atom is -0.341 e. The Kier molecular flexibility index (Phi) is 5.17. The topological polar surface area (TPSA) is 62.2 Å². The van der Waals surface area contributed by atoms with Crippen LogP contribution in [0.5, 0.6) is 0 Å². The number of hydrogen-bond acceptors (Lipinski definition) is 5. The lowest BCUT2D eigenvalue weighted by molar-refractivity contribution is 0.0603. The highest BCUT2D eigenvalue weighted by molar-refractivity contribution is 5.94. The summed E-state index contributed by atoms with van der Waals surface area (Å²) in [5.41, 5.74) is 3.99. The first-order valence-electron chi connectivity index (χ1n) is 11.2. The Bertz CT molecular complexity index is 878. The number of nitrogens with zero attached hydrogens (tertiary/aromatic N) is 5. The Morgan fingerprint density at radius 2 is 1.79 bits per heavy atom. The van der Waals surface area contributed by atoms with Crippen molar-refractivity contribution in [3.8, 4) is 0 Å². The van der Waals surface area contributed by atoms with E-state index in [0.29, 0.717) is 5.69 Å². The van der Waals surface area contributed by atoms with Crippen molar-refractivity contribution in [1.29, 1.82) is 0 Å². The summed E-state index contributed by atoms with van der Waals surface area (Å²) < 4.78 is 0. The summed E-state index contributed by atoms with van der Waals surface area (Å²) in [5, 5.41) is 0. The van der Waals surface area contributed by atoms with Crippen LogP contribution >= 0.6 is 0 Å². The maximum atomic E-state index is 13.8. The number of fused-ring (bicyclic) bond motifs is 1. The number of carbonyl (C=O) groups is 1. The molecule has 2 aromatic heterocycles. The van der Waals surface area contributed by atoms with E-state index in [1.54, 1.807) is 6.20 Å². The molecule has 1 atom stereocenters. The fourth-order valence-corrected chi connectivity index (χ4v) is 5.05. The van der Waals surface area contributed by atoms with Gasteiger partial charge in [0.1, 0.15) is 5.69 Å². The summed E-state index contributed by atoms with van der Waals surface area (Å²) >= 11 is 0. The molecule has 2 aliphatic heterocycles. The van der Waals surface area contributed by atoms with E-state index in [1.165, 1.54) is 12.8 Å². The van der Waals surface area contributed by atoms with Crippen molar-refractivity contribution in [3.05, 3.63) is 47.0 Å². The first-order valence-corrected chi connectivity index (χ1v) is 11.2. The van der Waals surface area contributed by atoms with E-state index in [9.17, 15) is 4.79 Å². The molecule has 1 unspecified atom stereocenters. The third-order valence-electron chi connectivity index (χ3n) is 6.60. The highest BCUT2D eigenvalue weighted by atomic mass is 16.2. The molecule has 4 heterocycles. The van der Waals surface area contributed by atoms with Gasteiger partial charge in [-0.05, 0) is 69.4 Å². The van der Waals surface area contributed by atoms with Gasteiger partial charge in [-0.25, -0.2) is 9.97 Å². The van der Waals surface area contributed by atoms with Crippen LogP contribution in [0.2, 0.25) is 0 Å². The summed E-state index contributed by atoms with van der Waals surface area (Å²) in [6.45, 7) is 2.78. The lowest BCUT2D eigenvalue weighted by Crippen LogP contribution is -2.40. The third-order valence-corrected chi connectivity index (χ3v) is 6.60. The monoisotopic (exact) mass is 391 g/mol. The fraction of sp³-hybridized carbons (Fsp3) is 0.565. The van der Waals surface area contributed by atoms with Crippen LogP contribution in [0.25, 0.3) is 0 Å². The zero-order valence-corrected chi connectivity index (χ0v) is 17.0. The maximum Gasteiger partial charge on any atom is 0.273 e. The summed E-state index contributed by atoms with van der Waals surface area (Å²) in [5.74, 6) is 0.848. The molecule has 2 fully saturated rings. The summed E-state index contributed by atoms with van der Waals surface area (Å²) in [6, 6.07) is 4.15. The van der Waals surface area contributed by atoms with Crippen LogP contribution < -0.4 is 4.90 Å². The largest absolute Gasteiger partial charge is 0.341 e. The molecule has 5 rings (SSSR count). The van der Waals surface area contributed by atoms with Gasteiger partial charge in [0.2, 0.25) is 5.95 Å². The van der Waals surface area contributed by atoms with Crippen LogP contribution in [0.4, 0.5) is 5.95 Å². The highest BCUT2D eigenvalue weighted by Gasteiger charge is 2.33. The molecule has 2 saturated heterocycles. The molecule has 1 amide bonds. The van der Waals surface area contributed by atoms with Gasteiger partial charge in [0.15, 0.2) is 0 Å². The smallest absolute Gasteiger partial charge is 0.273 e. The number of amides is 1. The summed E-state index contributed by atoms with van der Waals surface area (Å²) in [7, 11) is 0. The first-order chi connectivity index (χ1) is 14.3. The van der Waals surface area contributed by atoms with Crippen molar-refractivity contribution in [2.75, 3.05) is 24.5 Å². The van der Waals surface area contributed by atoms with Crippen LogP contribution in [0.3, 0.4) is 0 Å². The SMILES string of the molecule is O=C(c1nc(N2CCCC2)nc2c1CCCC2)N1CCCCC1c1cccnc1. The predicted molar refractivity (Wildman–Crippen MR) is 112 cm³/mol. The molecule has 152 valence electrons. The number of rotatable bonds is 3. The average molecular weight is 392 g/mol. The number of aryl methyl sites for hydroxylation is 1. The van der Waals surface area contributed by atoms with Gasteiger partial charge < -0.3 is 9.80 Å². The van der Waals surface area contributed by atoms with E-state index in [2.05, 4.69) is 16.0 Å². The molecule has 6 nitrogen and oxygen atoms in total. The van der Waals surface area contributed by atoms with E-state index in [-0.39, 0.29) is 11.9 Å². The second-order valence-electron chi connectivity index (χ2n) is 8.50. The Labute approximate surface area is 172 Å². The van der Waals surface area contributed by atoms with Gasteiger partial charge in [-0.3, -0.25) is 9.78 Å². The zero-order chi connectivity index (χ0) is 19.6. The van der Waals surface area contributed by atoms with E-state index < -0.39 is 0 Å². The van der Waals surface area contributed by atoms with Crippen LogP contribution in [-0.2, 0) is 12.8 Å². The minimum absolute atomic E-state index is 0.0829. The molecule has 1 aliphatic carbocycles. The molecular formula is C23H29N5O. The normalized spacial score (nSPS) is 21.9. The molecule has 2 aromatic rings. The number of likely N-dealkylation sites (tertiary alicyclic amines) is 1. The van der Waals surface area contributed by atoms with E-state index in [4.69, 9.17) is 9.97 Å². The van der Waals surface area contributed by atoms with Crippen LogP contribution in [0, 0.1) is 0 Å². The lowest BCUT2D eigenvalue weighted by atomic mass is 9.92. The molecule has 0 aromatic carbocycles. The third kappa shape index (κ3) is 3.61. The minimum atomic E-state index is 0.0829. The molecule has 29 heavy (non-hydrogen) atoms. The van der Waals surface area contributed by atoms with Crippen molar-refractivity contribution in [2.24, 2.45) is 0 Å². The molecule has 0 spiro atoms. The Hall–Kier alpha value is -2.50. The van der Waals surface area contributed by atoms with E-state index >= 15 is 0 Å². The fourth-order valence-electron chi connectivity index (χ4n) is 5.05. The van der Waals surface area contributed by atoms with Gasteiger partial charge in [0.05, 0.1) is 6.04 Å². The van der Waals surface area contributed by atoms with Crippen molar-refractivity contribution in [2.45, 2.75) is 63.8 Å². The molecule has 6 heteroatoms. The van der Waals surface area contributed by atoms with Gasteiger partial charge in [0, 0.05) is 43.3 Å². The lowest BCUT2D eigenvalue weighted by Gasteiger charge is -2.36. The second kappa shape index (κ2) is 8.09. The maximum absolute atomic E-state index is 13.8. The number of piperidine rings is 1. The molecule has 0 N–H and O–H groups in total. The highest BCUT2D eigenvalue weighted by Crippen LogP contribution is 2.33. The summed E-state index contributed by atoms with van der Waals surface area (Å²) in [4.78, 5) is 32.2. The van der Waals surface area contributed by atoms with Crippen LogP contribution in [0.15, 0.2) is 24.5 Å². The van der Waals surface area contributed by atoms with E-state index in [0.717, 1.165) is 87.3 Å².